The number of carboxylic acid groups (broad SMARTS) is 1. The molecule has 20 heavy (non-hydrogen) atoms. The standard InChI is InChI=1S/C14H19FN2O3/c1-4-14(3,12(18)19)16-13(20)17(5-2)11-9-7-6-8-10(11)15/h6-9H,4-5H2,1-3H3,(H,16,20)(H,18,19). The number of carboxylic acids is 1. The van der Waals surface area contributed by atoms with Gasteiger partial charge < -0.3 is 10.4 Å². The Balaban J connectivity index is 3.00. The van der Waals surface area contributed by atoms with E-state index in [4.69, 9.17) is 5.11 Å². The summed E-state index contributed by atoms with van der Waals surface area (Å²) in [7, 11) is 0. The summed E-state index contributed by atoms with van der Waals surface area (Å²) in [5.74, 6) is -1.66. The van der Waals surface area contributed by atoms with Crippen molar-refractivity contribution in [1.29, 1.82) is 0 Å². The van der Waals surface area contributed by atoms with Crippen LogP contribution < -0.4 is 10.2 Å². The van der Waals surface area contributed by atoms with Crippen LogP contribution in [0.1, 0.15) is 27.2 Å². The first-order valence-electron chi connectivity index (χ1n) is 6.43. The maximum Gasteiger partial charge on any atom is 0.329 e. The quantitative estimate of drug-likeness (QED) is 0.872. The minimum atomic E-state index is -1.38. The van der Waals surface area contributed by atoms with Crippen LogP contribution in [0.25, 0.3) is 0 Å². The van der Waals surface area contributed by atoms with Gasteiger partial charge in [0.15, 0.2) is 0 Å². The molecule has 0 saturated heterocycles. The molecule has 0 radical (unpaired) electrons. The first-order valence-corrected chi connectivity index (χ1v) is 6.43. The zero-order valence-corrected chi connectivity index (χ0v) is 11.8. The highest BCUT2D eigenvalue weighted by Gasteiger charge is 2.34. The first kappa shape index (κ1) is 15.9. The SMILES string of the molecule is CCN(C(=O)NC(C)(CC)C(=O)O)c1ccccc1F. The second kappa shape index (κ2) is 6.36. The van der Waals surface area contributed by atoms with Gasteiger partial charge in [-0.3, -0.25) is 4.90 Å². The molecule has 0 aliphatic carbocycles. The highest BCUT2D eigenvalue weighted by Crippen LogP contribution is 2.19. The van der Waals surface area contributed by atoms with E-state index in [1.165, 1.54) is 30.0 Å². The van der Waals surface area contributed by atoms with Gasteiger partial charge in [0.05, 0.1) is 5.69 Å². The molecule has 0 saturated carbocycles. The summed E-state index contributed by atoms with van der Waals surface area (Å²) < 4.78 is 13.7. The first-order chi connectivity index (χ1) is 9.35. The number of nitrogens with one attached hydrogen (secondary N) is 1. The average molecular weight is 282 g/mol. The summed E-state index contributed by atoms with van der Waals surface area (Å²) in [6.45, 7) is 5.00. The van der Waals surface area contributed by atoms with Gasteiger partial charge in [-0.25, -0.2) is 14.0 Å². The fourth-order valence-electron chi connectivity index (χ4n) is 1.69. The molecule has 1 atom stereocenters. The Morgan fingerprint density at radius 1 is 1.35 bits per heavy atom. The number of carbonyl (C=O) groups is 2. The van der Waals surface area contributed by atoms with E-state index in [0.29, 0.717) is 0 Å². The van der Waals surface area contributed by atoms with Crippen LogP contribution in [0.4, 0.5) is 14.9 Å². The Morgan fingerprint density at radius 3 is 2.40 bits per heavy atom. The summed E-state index contributed by atoms with van der Waals surface area (Å²) in [5.41, 5.74) is -1.26. The normalized spacial score (nSPS) is 13.4. The number of rotatable bonds is 5. The number of aliphatic carboxylic acids is 1. The summed E-state index contributed by atoms with van der Waals surface area (Å²) >= 11 is 0. The molecule has 1 aromatic rings. The van der Waals surface area contributed by atoms with Crippen LogP contribution in [0.2, 0.25) is 0 Å². The Morgan fingerprint density at radius 2 is 1.95 bits per heavy atom. The lowest BCUT2D eigenvalue weighted by Crippen LogP contribution is -2.56. The van der Waals surface area contributed by atoms with Crippen molar-refractivity contribution in [2.45, 2.75) is 32.7 Å². The second-order valence-electron chi connectivity index (χ2n) is 4.62. The van der Waals surface area contributed by atoms with E-state index >= 15 is 0 Å². The number of para-hydroxylation sites is 1. The molecule has 1 unspecified atom stereocenters. The molecule has 110 valence electrons. The minimum Gasteiger partial charge on any atom is -0.480 e. The van der Waals surface area contributed by atoms with Crippen molar-refractivity contribution in [3.63, 3.8) is 0 Å². The van der Waals surface area contributed by atoms with E-state index in [-0.39, 0.29) is 18.7 Å². The smallest absolute Gasteiger partial charge is 0.329 e. The lowest BCUT2D eigenvalue weighted by atomic mass is 10.00. The molecule has 5 nitrogen and oxygen atoms in total. The third kappa shape index (κ3) is 3.26. The molecule has 0 heterocycles. The molecule has 0 aliphatic heterocycles. The Kier molecular flexibility index (Phi) is 5.07. The third-order valence-corrected chi connectivity index (χ3v) is 3.27. The lowest BCUT2D eigenvalue weighted by Gasteiger charge is -2.29. The number of halogens is 1. The third-order valence-electron chi connectivity index (χ3n) is 3.27. The van der Waals surface area contributed by atoms with E-state index < -0.39 is 23.4 Å². The molecule has 2 amide bonds. The molecule has 2 N–H and O–H groups in total. The number of amides is 2. The number of carbonyl (C=O) groups excluding carboxylic acids is 1. The summed E-state index contributed by atoms with van der Waals surface area (Å²) in [5, 5.41) is 11.6. The molecule has 0 aromatic heterocycles. The van der Waals surface area contributed by atoms with Gasteiger partial charge in [0.2, 0.25) is 0 Å². The summed E-state index contributed by atoms with van der Waals surface area (Å²) in [4.78, 5) is 24.6. The van der Waals surface area contributed by atoms with Gasteiger partial charge in [-0.2, -0.15) is 0 Å². The second-order valence-corrected chi connectivity index (χ2v) is 4.62. The maximum absolute atomic E-state index is 13.7. The Hall–Kier alpha value is -2.11. The average Bonchev–Trinajstić information content (AvgIpc) is 2.41. The highest BCUT2D eigenvalue weighted by molar-refractivity contribution is 5.95. The van der Waals surface area contributed by atoms with Crippen LogP contribution in [-0.2, 0) is 4.79 Å². The highest BCUT2D eigenvalue weighted by atomic mass is 19.1. The van der Waals surface area contributed by atoms with Crippen molar-refractivity contribution < 1.29 is 19.1 Å². The van der Waals surface area contributed by atoms with Crippen LogP contribution in [0.3, 0.4) is 0 Å². The molecule has 0 fully saturated rings. The van der Waals surface area contributed by atoms with Crippen molar-refractivity contribution in [1.82, 2.24) is 5.32 Å². The largest absolute Gasteiger partial charge is 0.480 e. The number of benzene rings is 1. The van der Waals surface area contributed by atoms with Crippen molar-refractivity contribution in [3.05, 3.63) is 30.1 Å². The molecular weight excluding hydrogens is 263 g/mol. The fraction of sp³-hybridized carbons (Fsp3) is 0.429. The van der Waals surface area contributed by atoms with Crippen molar-refractivity contribution in [2.24, 2.45) is 0 Å². The zero-order valence-electron chi connectivity index (χ0n) is 11.8. The summed E-state index contributed by atoms with van der Waals surface area (Å²) in [6, 6.07) is 5.23. The van der Waals surface area contributed by atoms with E-state index in [9.17, 15) is 14.0 Å². The molecule has 0 bridgehead atoms. The van der Waals surface area contributed by atoms with Gasteiger partial charge in [0.25, 0.3) is 0 Å². The van der Waals surface area contributed by atoms with Crippen molar-refractivity contribution in [2.75, 3.05) is 11.4 Å². The zero-order chi connectivity index (χ0) is 15.3. The topological polar surface area (TPSA) is 69.6 Å². The van der Waals surface area contributed by atoms with Gasteiger partial charge in [-0.05, 0) is 32.4 Å². The fourth-order valence-corrected chi connectivity index (χ4v) is 1.69. The van der Waals surface area contributed by atoms with Crippen LogP contribution in [-0.4, -0.2) is 29.2 Å². The van der Waals surface area contributed by atoms with Gasteiger partial charge in [0.1, 0.15) is 11.4 Å². The Bertz CT molecular complexity index is 507. The number of urea groups is 1. The van der Waals surface area contributed by atoms with E-state index in [0.717, 1.165) is 0 Å². The number of anilines is 1. The number of nitrogens with zero attached hydrogens (tertiary/aromatic N) is 1. The van der Waals surface area contributed by atoms with Gasteiger partial charge in [-0.1, -0.05) is 19.1 Å². The van der Waals surface area contributed by atoms with Crippen molar-refractivity contribution in [3.8, 4) is 0 Å². The molecule has 6 heteroatoms. The van der Waals surface area contributed by atoms with E-state index in [1.807, 2.05) is 0 Å². The molecule has 1 rings (SSSR count). The van der Waals surface area contributed by atoms with Crippen molar-refractivity contribution >= 4 is 17.7 Å². The summed E-state index contributed by atoms with van der Waals surface area (Å²) in [6.07, 6.45) is 0.225. The maximum atomic E-state index is 13.7. The van der Waals surface area contributed by atoms with Gasteiger partial charge in [-0.15, -0.1) is 0 Å². The van der Waals surface area contributed by atoms with Crippen LogP contribution in [0.5, 0.6) is 0 Å². The van der Waals surface area contributed by atoms with E-state index in [1.54, 1.807) is 19.9 Å². The van der Waals surface area contributed by atoms with Crippen LogP contribution >= 0.6 is 0 Å². The van der Waals surface area contributed by atoms with Gasteiger partial charge in [0, 0.05) is 6.54 Å². The number of hydrogen-bond donors (Lipinski definition) is 2. The minimum absolute atomic E-state index is 0.122. The monoisotopic (exact) mass is 282 g/mol. The molecule has 0 aliphatic rings. The van der Waals surface area contributed by atoms with Crippen LogP contribution in [0.15, 0.2) is 24.3 Å². The van der Waals surface area contributed by atoms with E-state index in [2.05, 4.69) is 5.32 Å². The van der Waals surface area contributed by atoms with Gasteiger partial charge >= 0.3 is 12.0 Å². The van der Waals surface area contributed by atoms with Crippen LogP contribution in [0, 0.1) is 5.82 Å². The molecular formula is C14H19FN2O3. The number of hydrogen-bond acceptors (Lipinski definition) is 2. The predicted octanol–water partition coefficient (Wildman–Crippen LogP) is 2.61. The molecule has 1 aromatic carbocycles. The Labute approximate surface area is 117 Å². The molecule has 0 spiro atoms. The predicted molar refractivity (Wildman–Crippen MR) is 74.3 cm³/mol. The lowest BCUT2D eigenvalue weighted by molar-refractivity contribution is -0.143.